The number of hydrogen-bond acceptors (Lipinski definition) is 5. The average Bonchev–Trinajstić information content (AvgIpc) is 2.11. The van der Waals surface area contributed by atoms with Crippen LogP contribution in [0.2, 0.25) is 0 Å². The SMILES string of the molecule is C1COCO1.O=[N+]([O-])[O-].[Li+].[LiH]. The van der Waals surface area contributed by atoms with Crippen molar-refractivity contribution in [3.63, 3.8) is 0 Å². The Bertz CT molecular complexity index is 76.2. The molecule has 1 heterocycles. The van der Waals surface area contributed by atoms with Gasteiger partial charge in [-0.2, -0.15) is 0 Å². The maximum atomic E-state index is 8.25. The summed E-state index contributed by atoms with van der Waals surface area (Å²) in [4.78, 5) is 8.25. The van der Waals surface area contributed by atoms with Crippen molar-refractivity contribution in [1.82, 2.24) is 0 Å². The quantitative estimate of drug-likeness (QED) is 0.201. The first-order valence-electron chi connectivity index (χ1n) is 2.20. The average molecular weight is 151 g/mol. The van der Waals surface area contributed by atoms with Crippen LogP contribution < -0.4 is 18.9 Å². The van der Waals surface area contributed by atoms with Crippen molar-refractivity contribution in [2.45, 2.75) is 0 Å². The summed E-state index contributed by atoms with van der Waals surface area (Å²) in [7, 11) is 0. The molecular weight excluding hydrogens is 144 g/mol. The Morgan fingerprint density at radius 1 is 1.18 bits per heavy atom. The Kier molecular flexibility index (Phi) is 20.5. The van der Waals surface area contributed by atoms with Crippen molar-refractivity contribution in [2.75, 3.05) is 20.0 Å². The second-order valence-corrected chi connectivity index (χ2v) is 1.16. The fourth-order valence-electron chi connectivity index (χ4n) is 0.295. The van der Waals surface area contributed by atoms with Gasteiger partial charge in [0.05, 0.1) is 18.3 Å². The van der Waals surface area contributed by atoms with Gasteiger partial charge in [-0.1, -0.05) is 0 Å². The van der Waals surface area contributed by atoms with Crippen LogP contribution in [0, 0.1) is 15.3 Å². The van der Waals surface area contributed by atoms with Gasteiger partial charge in [0.1, 0.15) is 6.79 Å². The van der Waals surface area contributed by atoms with Crippen molar-refractivity contribution in [1.29, 1.82) is 0 Å². The van der Waals surface area contributed by atoms with Gasteiger partial charge in [0, 0.05) is 0 Å². The fraction of sp³-hybridized carbons (Fsp3) is 1.00. The molecule has 0 spiro atoms. The Hall–Kier alpha value is 0.315. The van der Waals surface area contributed by atoms with Gasteiger partial charge < -0.3 is 24.8 Å². The van der Waals surface area contributed by atoms with E-state index in [0.29, 0.717) is 6.79 Å². The summed E-state index contributed by atoms with van der Waals surface area (Å²) in [6, 6.07) is 0. The van der Waals surface area contributed by atoms with Crippen LogP contribution in [0.1, 0.15) is 0 Å². The van der Waals surface area contributed by atoms with Gasteiger partial charge in [-0.3, -0.25) is 0 Å². The van der Waals surface area contributed by atoms with E-state index in [1.165, 1.54) is 0 Å². The standard InChI is InChI=1S/C3H6O2.2Li.NO3.H/c1-2-5-3-4-1;;;2-1(3)4;/h1-3H2;;;;/q;;+1;-1;. The van der Waals surface area contributed by atoms with E-state index in [1.807, 2.05) is 0 Å². The molecule has 0 bridgehead atoms. The predicted octanol–water partition coefficient (Wildman–Crippen LogP) is -3.89. The molecule has 1 aliphatic heterocycles. The molecule has 1 rings (SSSR count). The van der Waals surface area contributed by atoms with Gasteiger partial charge in [-0.05, 0) is 0 Å². The molecule has 0 aromatic heterocycles. The Morgan fingerprint density at radius 3 is 1.55 bits per heavy atom. The van der Waals surface area contributed by atoms with Crippen molar-refractivity contribution in [3.8, 4) is 0 Å². The molecule has 0 radical (unpaired) electrons. The Balaban J connectivity index is -0.000000101. The summed E-state index contributed by atoms with van der Waals surface area (Å²) in [6.45, 7) is 2.06. The molecule has 1 fully saturated rings. The normalized spacial score (nSPS) is 13.1. The molecule has 0 aromatic rings. The number of nitrogens with zero attached hydrogens (tertiary/aromatic N) is 1. The van der Waals surface area contributed by atoms with Crippen molar-refractivity contribution in [3.05, 3.63) is 15.3 Å². The zero-order valence-electron chi connectivity index (χ0n) is 5.61. The molecule has 0 aliphatic carbocycles. The van der Waals surface area contributed by atoms with Crippen LogP contribution in [0.4, 0.5) is 0 Å². The number of rotatable bonds is 0. The molecule has 1 aliphatic rings. The minimum atomic E-state index is -1.75. The van der Waals surface area contributed by atoms with E-state index in [4.69, 9.17) is 24.8 Å². The zero-order chi connectivity index (χ0) is 7.11. The summed E-state index contributed by atoms with van der Waals surface area (Å²) in [5, 5.41) is 14.8. The van der Waals surface area contributed by atoms with Crippen LogP contribution in [-0.4, -0.2) is 44.0 Å². The maximum absolute atomic E-state index is 8.25. The first-order valence-corrected chi connectivity index (χ1v) is 2.20. The van der Waals surface area contributed by atoms with Crippen molar-refractivity contribution in [2.24, 2.45) is 0 Å². The van der Waals surface area contributed by atoms with Gasteiger partial charge in [0.15, 0.2) is 0 Å². The third kappa shape index (κ3) is 25.2. The topological polar surface area (TPSA) is 84.7 Å². The molecule has 0 atom stereocenters. The summed E-state index contributed by atoms with van der Waals surface area (Å²) in [5.74, 6) is 0. The molecule has 11 heavy (non-hydrogen) atoms. The van der Waals surface area contributed by atoms with Gasteiger partial charge in [-0.15, -0.1) is 0 Å². The fourth-order valence-corrected chi connectivity index (χ4v) is 0.295. The van der Waals surface area contributed by atoms with E-state index in [1.54, 1.807) is 0 Å². The minimum absolute atomic E-state index is 0. The molecule has 8 heteroatoms. The van der Waals surface area contributed by atoms with Crippen LogP contribution in [0.15, 0.2) is 0 Å². The van der Waals surface area contributed by atoms with E-state index in [2.05, 4.69) is 0 Å². The van der Waals surface area contributed by atoms with Crippen LogP contribution in [-0.2, 0) is 9.47 Å². The molecule has 6 nitrogen and oxygen atoms in total. The molecule has 0 saturated carbocycles. The van der Waals surface area contributed by atoms with Gasteiger partial charge in [0.25, 0.3) is 0 Å². The third-order valence-corrected chi connectivity index (χ3v) is 0.539. The summed E-state index contributed by atoms with van der Waals surface area (Å²) < 4.78 is 9.44. The van der Waals surface area contributed by atoms with Crippen molar-refractivity contribution < 1.29 is 33.4 Å². The van der Waals surface area contributed by atoms with E-state index >= 15 is 0 Å². The molecule has 0 N–H and O–H groups in total. The molecule has 56 valence electrons. The summed E-state index contributed by atoms with van der Waals surface area (Å²) in [6.07, 6.45) is 0. The van der Waals surface area contributed by atoms with E-state index in [-0.39, 0.29) is 37.7 Å². The van der Waals surface area contributed by atoms with Gasteiger partial charge >= 0.3 is 37.7 Å². The molecule has 0 aromatic carbocycles. The van der Waals surface area contributed by atoms with E-state index < -0.39 is 5.09 Å². The second kappa shape index (κ2) is 12.9. The first kappa shape index (κ1) is 17.4. The van der Waals surface area contributed by atoms with Gasteiger partial charge in [-0.25, -0.2) is 0 Å². The molecule has 1 saturated heterocycles. The van der Waals surface area contributed by atoms with E-state index in [9.17, 15) is 0 Å². The number of ether oxygens (including phenoxy) is 2. The van der Waals surface area contributed by atoms with Crippen molar-refractivity contribution >= 4 is 18.9 Å². The number of hydrogen-bond donors (Lipinski definition) is 0. The van der Waals surface area contributed by atoms with E-state index in [0.717, 1.165) is 13.2 Å². The summed E-state index contributed by atoms with van der Waals surface area (Å²) in [5.41, 5.74) is 0. The molecular formula is C3H7Li2NO5. The first-order chi connectivity index (χ1) is 4.23. The second-order valence-electron chi connectivity index (χ2n) is 1.16. The molecule has 0 amide bonds. The Morgan fingerprint density at radius 2 is 1.45 bits per heavy atom. The third-order valence-electron chi connectivity index (χ3n) is 0.539. The Labute approximate surface area is 87.7 Å². The monoisotopic (exact) mass is 151 g/mol. The van der Waals surface area contributed by atoms with Crippen LogP contribution in [0.25, 0.3) is 0 Å². The van der Waals surface area contributed by atoms with Crippen LogP contribution in [0.5, 0.6) is 0 Å². The van der Waals surface area contributed by atoms with Crippen LogP contribution in [0.3, 0.4) is 0 Å². The molecule has 0 unspecified atom stereocenters. The predicted molar refractivity (Wildman–Crippen MR) is 34.3 cm³/mol. The van der Waals surface area contributed by atoms with Crippen LogP contribution >= 0.6 is 0 Å². The summed E-state index contributed by atoms with van der Waals surface area (Å²) >= 11 is 0. The zero-order valence-corrected chi connectivity index (χ0v) is 5.61. The van der Waals surface area contributed by atoms with Gasteiger partial charge in [0.2, 0.25) is 0 Å².